The van der Waals surface area contributed by atoms with Gasteiger partial charge >= 0.3 is 0 Å². The van der Waals surface area contributed by atoms with E-state index in [0.29, 0.717) is 12.4 Å². The summed E-state index contributed by atoms with van der Waals surface area (Å²) in [5.74, 6) is 0.673. The zero-order valence-corrected chi connectivity index (χ0v) is 12.3. The summed E-state index contributed by atoms with van der Waals surface area (Å²) < 4.78 is 1.04. The molecule has 0 bridgehead atoms. The van der Waals surface area contributed by atoms with Gasteiger partial charge in [-0.25, -0.2) is 9.97 Å². The maximum absolute atomic E-state index is 8.81. The lowest BCUT2D eigenvalue weighted by molar-refractivity contribution is 0.290. The van der Waals surface area contributed by atoms with Gasteiger partial charge in [-0.15, -0.1) is 0 Å². The normalized spacial score (nSPS) is 10.5. The Morgan fingerprint density at radius 1 is 1.21 bits per heavy atom. The predicted molar refractivity (Wildman–Crippen MR) is 80.1 cm³/mol. The monoisotopic (exact) mass is 321 g/mol. The minimum absolute atomic E-state index is 0.181. The molecule has 0 aliphatic rings. The van der Waals surface area contributed by atoms with Crippen molar-refractivity contribution >= 4 is 21.9 Å². The first-order chi connectivity index (χ1) is 9.20. The summed E-state index contributed by atoms with van der Waals surface area (Å²) in [6.45, 7) is 0.924. The number of halogens is 1. The van der Waals surface area contributed by atoms with E-state index in [1.807, 2.05) is 48.6 Å². The van der Waals surface area contributed by atoms with Gasteiger partial charge in [-0.2, -0.15) is 0 Å². The van der Waals surface area contributed by atoms with Crippen LogP contribution in [0.2, 0.25) is 0 Å². The van der Waals surface area contributed by atoms with Crippen molar-refractivity contribution in [2.24, 2.45) is 0 Å². The summed E-state index contributed by atoms with van der Waals surface area (Å²) >= 11 is 3.45. The topological polar surface area (TPSA) is 49.2 Å². The first-order valence-electron chi connectivity index (χ1n) is 6.10. The second-order valence-electron chi connectivity index (χ2n) is 4.28. The molecule has 100 valence electrons. The number of hydrogen-bond acceptors (Lipinski definition) is 4. The van der Waals surface area contributed by atoms with E-state index in [0.717, 1.165) is 22.1 Å². The third-order valence-electron chi connectivity index (χ3n) is 2.79. The van der Waals surface area contributed by atoms with E-state index in [2.05, 4.69) is 25.9 Å². The summed E-state index contributed by atoms with van der Waals surface area (Å²) in [6.07, 6.45) is 4.35. The number of aromatic nitrogens is 2. The number of anilines is 1. The predicted octanol–water partition coefficient (Wildman–Crippen LogP) is 2.72. The van der Waals surface area contributed by atoms with E-state index in [1.165, 1.54) is 0 Å². The van der Waals surface area contributed by atoms with E-state index < -0.39 is 0 Å². The van der Waals surface area contributed by atoms with Crippen LogP contribution < -0.4 is 4.90 Å². The first-order valence-corrected chi connectivity index (χ1v) is 6.90. The first kappa shape index (κ1) is 14.0. The van der Waals surface area contributed by atoms with Gasteiger partial charge in [0.05, 0.1) is 0 Å². The summed E-state index contributed by atoms with van der Waals surface area (Å²) in [5.41, 5.74) is 2.07. The zero-order valence-electron chi connectivity index (χ0n) is 10.8. The number of aliphatic hydroxyl groups is 1. The summed E-state index contributed by atoms with van der Waals surface area (Å²) in [7, 11) is 1.92. The Kier molecular flexibility index (Phi) is 4.87. The van der Waals surface area contributed by atoms with Gasteiger partial charge in [-0.3, -0.25) is 0 Å². The molecule has 0 aliphatic heterocycles. The summed E-state index contributed by atoms with van der Waals surface area (Å²) in [5, 5.41) is 8.81. The quantitative estimate of drug-likeness (QED) is 0.920. The number of nitrogens with zero attached hydrogens (tertiary/aromatic N) is 3. The van der Waals surface area contributed by atoms with Crippen molar-refractivity contribution < 1.29 is 5.11 Å². The van der Waals surface area contributed by atoms with E-state index >= 15 is 0 Å². The maximum atomic E-state index is 8.81. The molecule has 0 unspecified atom stereocenters. The Morgan fingerprint density at radius 2 is 1.95 bits per heavy atom. The van der Waals surface area contributed by atoms with Gasteiger partial charge in [0.25, 0.3) is 0 Å². The van der Waals surface area contributed by atoms with Crippen molar-refractivity contribution in [2.75, 3.05) is 25.1 Å². The van der Waals surface area contributed by atoms with Gasteiger partial charge < -0.3 is 10.0 Å². The third-order valence-corrected chi connectivity index (χ3v) is 3.28. The molecule has 0 amide bonds. The highest BCUT2D eigenvalue weighted by molar-refractivity contribution is 9.10. The van der Waals surface area contributed by atoms with Crippen LogP contribution in [-0.4, -0.2) is 35.3 Å². The van der Waals surface area contributed by atoms with Crippen molar-refractivity contribution in [2.45, 2.75) is 6.42 Å². The summed E-state index contributed by atoms with van der Waals surface area (Å²) in [4.78, 5) is 10.6. The van der Waals surface area contributed by atoms with Crippen molar-refractivity contribution in [1.29, 1.82) is 0 Å². The SMILES string of the molecule is CN(CCCO)c1ncc(-c2cccc(Br)c2)cn1. The fourth-order valence-electron chi connectivity index (χ4n) is 1.74. The van der Waals surface area contributed by atoms with Crippen molar-refractivity contribution in [3.8, 4) is 11.1 Å². The standard InChI is InChI=1S/C14H16BrN3O/c1-18(6-3-7-19)14-16-9-12(10-17-14)11-4-2-5-13(15)8-11/h2,4-5,8-10,19H,3,6-7H2,1H3. The van der Waals surface area contributed by atoms with E-state index in [-0.39, 0.29) is 6.61 Å². The van der Waals surface area contributed by atoms with Crippen LogP contribution in [0.4, 0.5) is 5.95 Å². The van der Waals surface area contributed by atoms with Gasteiger partial charge in [0.15, 0.2) is 0 Å². The van der Waals surface area contributed by atoms with E-state index in [1.54, 1.807) is 0 Å². The van der Waals surface area contributed by atoms with Crippen molar-refractivity contribution in [3.63, 3.8) is 0 Å². The Morgan fingerprint density at radius 3 is 2.58 bits per heavy atom. The molecular weight excluding hydrogens is 306 g/mol. The Balaban J connectivity index is 2.14. The average molecular weight is 322 g/mol. The molecule has 1 heterocycles. The van der Waals surface area contributed by atoms with Gasteiger partial charge in [0.2, 0.25) is 5.95 Å². The average Bonchev–Trinajstić information content (AvgIpc) is 2.45. The molecule has 0 aliphatic carbocycles. The lowest BCUT2D eigenvalue weighted by Gasteiger charge is -2.16. The molecule has 19 heavy (non-hydrogen) atoms. The molecule has 0 fully saturated rings. The second-order valence-corrected chi connectivity index (χ2v) is 5.20. The molecule has 1 N–H and O–H groups in total. The molecule has 4 nitrogen and oxygen atoms in total. The van der Waals surface area contributed by atoms with E-state index in [9.17, 15) is 0 Å². The largest absolute Gasteiger partial charge is 0.396 e. The molecule has 0 radical (unpaired) electrons. The number of hydrogen-bond donors (Lipinski definition) is 1. The Bertz CT molecular complexity index is 530. The van der Waals surface area contributed by atoms with Crippen LogP contribution in [0, 0.1) is 0 Å². The van der Waals surface area contributed by atoms with Crippen LogP contribution in [0.3, 0.4) is 0 Å². The fraction of sp³-hybridized carbons (Fsp3) is 0.286. The van der Waals surface area contributed by atoms with Crippen LogP contribution in [0.15, 0.2) is 41.1 Å². The van der Waals surface area contributed by atoms with E-state index in [4.69, 9.17) is 5.11 Å². The lowest BCUT2D eigenvalue weighted by Crippen LogP contribution is -2.21. The summed E-state index contributed by atoms with van der Waals surface area (Å²) in [6, 6.07) is 8.04. The Labute approximate surface area is 121 Å². The highest BCUT2D eigenvalue weighted by Gasteiger charge is 2.05. The molecule has 0 saturated heterocycles. The van der Waals surface area contributed by atoms with Gasteiger partial charge in [-0.05, 0) is 24.1 Å². The highest BCUT2D eigenvalue weighted by Crippen LogP contribution is 2.22. The zero-order chi connectivity index (χ0) is 13.7. The molecular formula is C14H16BrN3O. The van der Waals surface area contributed by atoms with Crippen LogP contribution in [-0.2, 0) is 0 Å². The smallest absolute Gasteiger partial charge is 0.225 e. The molecule has 2 rings (SSSR count). The molecule has 5 heteroatoms. The van der Waals surface area contributed by atoms with Gasteiger partial charge in [0.1, 0.15) is 0 Å². The Hall–Kier alpha value is -1.46. The van der Waals surface area contributed by atoms with Crippen LogP contribution in [0.1, 0.15) is 6.42 Å². The van der Waals surface area contributed by atoms with Gasteiger partial charge in [-0.1, -0.05) is 28.1 Å². The number of benzene rings is 1. The maximum Gasteiger partial charge on any atom is 0.225 e. The lowest BCUT2D eigenvalue weighted by atomic mass is 10.1. The third kappa shape index (κ3) is 3.75. The fourth-order valence-corrected chi connectivity index (χ4v) is 2.14. The molecule has 1 aromatic carbocycles. The molecule has 0 spiro atoms. The molecule has 0 atom stereocenters. The van der Waals surface area contributed by atoms with Crippen LogP contribution in [0.5, 0.6) is 0 Å². The van der Waals surface area contributed by atoms with Gasteiger partial charge in [0, 0.05) is 42.6 Å². The number of aliphatic hydroxyl groups excluding tert-OH is 1. The minimum Gasteiger partial charge on any atom is -0.396 e. The molecule has 1 aromatic heterocycles. The molecule has 2 aromatic rings. The second kappa shape index (κ2) is 6.63. The van der Waals surface area contributed by atoms with Crippen molar-refractivity contribution in [1.82, 2.24) is 9.97 Å². The van der Waals surface area contributed by atoms with Crippen LogP contribution in [0.25, 0.3) is 11.1 Å². The highest BCUT2D eigenvalue weighted by atomic mass is 79.9. The number of rotatable bonds is 5. The molecule has 0 saturated carbocycles. The minimum atomic E-state index is 0.181. The van der Waals surface area contributed by atoms with Crippen molar-refractivity contribution in [3.05, 3.63) is 41.1 Å². The van der Waals surface area contributed by atoms with Crippen LogP contribution >= 0.6 is 15.9 Å².